The maximum Gasteiger partial charge on any atom is 0.407 e. The zero-order chi connectivity index (χ0) is 22.5. The number of carbonyl (C=O) groups excluding carboxylic acids is 2. The molecule has 3 aromatic rings. The summed E-state index contributed by atoms with van der Waals surface area (Å²) < 4.78 is 10.5. The Morgan fingerprint density at radius 3 is 2.34 bits per heavy atom. The Morgan fingerprint density at radius 1 is 1.03 bits per heavy atom. The van der Waals surface area contributed by atoms with Crippen LogP contribution in [0.5, 0.6) is 0 Å². The fourth-order valence-electron chi connectivity index (χ4n) is 3.59. The number of carbonyl (C=O) groups is 3. The molecule has 2 aromatic carbocycles. The van der Waals surface area contributed by atoms with E-state index in [0.717, 1.165) is 28.6 Å². The highest BCUT2D eigenvalue weighted by Gasteiger charge is 2.29. The standard InChI is InChI=1S/C22H19N3O7/c26-19(27)11-32-25-21(28)20-18(31-12-24-20)9-23-22(29)30-10-17-15-7-3-1-5-13(15)14-6-2-4-8-16(14)17/h1-8,12,17H,9-11H2,(H,23,29)(H,25,28)(H,26,27). The Morgan fingerprint density at radius 2 is 1.69 bits per heavy atom. The molecule has 1 aliphatic rings. The number of benzene rings is 2. The van der Waals surface area contributed by atoms with E-state index in [4.69, 9.17) is 14.3 Å². The first-order chi connectivity index (χ1) is 15.5. The minimum Gasteiger partial charge on any atom is -0.479 e. The lowest BCUT2D eigenvalue weighted by Crippen LogP contribution is -2.29. The molecule has 0 fully saturated rings. The van der Waals surface area contributed by atoms with Crippen molar-refractivity contribution in [1.29, 1.82) is 0 Å². The Hall–Kier alpha value is -4.18. The van der Waals surface area contributed by atoms with Crippen LogP contribution in [0.1, 0.15) is 33.3 Å². The second-order valence-corrected chi connectivity index (χ2v) is 6.92. The van der Waals surface area contributed by atoms with Gasteiger partial charge >= 0.3 is 12.1 Å². The highest BCUT2D eigenvalue weighted by molar-refractivity contribution is 5.92. The van der Waals surface area contributed by atoms with Crippen molar-refractivity contribution in [3.05, 3.63) is 77.5 Å². The molecule has 0 radical (unpaired) electrons. The van der Waals surface area contributed by atoms with E-state index < -0.39 is 24.6 Å². The van der Waals surface area contributed by atoms with Crippen molar-refractivity contribution in [3.63, 3.8) is 0 Å². The van der Waals surface area contributed by atoms with E-state index >= 15 is 0 Å². The van der Waals surface area contributed by atoms with Crippen LogP contribution in [0.2, 0.25) is 0 Å². The molecule has 1 aliphatic carbocycles. The highest BCUT2D eigenvalue weighted by atomic mass is 16.7. The van der Waals surface area contributed by atoms with Crippen LogP contribution in [-0.4, -0.2) is 41.3 Å². The summed E-state index contributed by atoms with van der Waals surface area (Å²) in [6.45, 7) is -0.720. The number of aromatic nitrogens is 1. The van der Waals surface area contributed by atoms with Gasteiger partial charge in [-0.05, 0) is 22.3 Å². The number of aliphatic carboxylic acids is 1. The van der Waals surface area contributed by atoms with Gasteiger partial charge in [0.25, 0.3) is 5.91 Å². The van der Waals surface area contributed by atoms with Gasteiger partial charge in [0.15, 0.2) is 24.5 Å². The molecule has 2 amide bonds. The summed E-state index contributed by atoms with van der Waals surface area (Å²) in [6.07, 6.45) is 0.345. The molecule has 0 saturated heterocycles. The maximum atomic E-state index is 12.3. The number of carboxylic acids is 1. The van der Waals surface area contributed by atoms with Crippen molar-refractivity contribution in [2.75, 3.05) is 13.2 Å². The summed E-state index contributed by atoms with van der Waals surface area (Å²) in [6, 6.07) is 16.0. The Balaban J connectivity index is 1.33. The number of fused-ring (bicyclic) bond motifs is 3. The molecule has 0 aliphatic heterocycles. The number of hydroxylamine groups is 1. The third-order valence-electron chi connectivity index (χ3n) is 4.95. The van der Waals surface area contributed by atoms with Gasteiger partial charge in [-0.25, -0.2) is 20.1 Å². The van der Waals surface area contributed by atoms with Gasteiger partial charge in [0, 0.05) is 5.92 Å². The number of hydrogen-bond acceptors (Lipinski definition) is 7. The average molecular weight is 437 g/mol. The van der Waals surface area contributed by atoms with Gasteiger partial charge in [-0.15, -0.1) is 0 Å². The molecule has 10 nitrogen and oxygen atoms in total. The fourth-order valence-corrected chi connectivity index (χ4v) is 3.59. The first-order valence-corrected chi connectivity index (χ1v) is 9.69. The van der Waals surface area contributed by atoms with Crippen molar-refractivity contribution >= 4 is 18.0 Å². The van der Waals surface area contributed by atoms with Crippen molar-refractivity contribution in [1.82, 2.24) is 15.8 Å². The van der Waals surface area contributed by atoms with E-state index in [9.17, 15) is 14.4 Å². The molecular weight excluding hydrogens is 418 g/mol. The number of nitrogens with zero attached hydrogens (tertiary/aromatic N) is 1. The molecule has 0 spiro atoms. The number of rotatable bonds is 8. The smallest absolute Gasteiger partial charge is 0.407 e. The van der Waals surface area contributed by atoms with Gasteiger partial charge in [-0.1, -0.05) is 48.5 Å². The van der Waals surface area contributed by atoms with Crippen molar-refractivity contribution in [2.45, 2.75) is 12.5 Å². The SMILES string of the molecule is O=C(O)CONC(=O)c1ncoc1CNC(=O)OCC1c2ccccc2-c2ccccc21. The Kier molecular flexibility index (Phi) is 6.13. The number of oxazole rings is 1. The summed E-state index contributed by atoms with van der Waals surface area (Å²) >= 11 is 0. The molecule has 1 aromatic heterocycles. The highest BCUT2D eigenvalue weighted by Crippen LogP contribution is 2.44. The molecule has 3 N–H and O–H groups in total. The van der Waals surface area contributed by atoms with Gasteiger partial charge in [-0.3, -0.25) is 9.63 Å². The molecule has 0 bridgehead atoms. The maximum absolute atomic E-state index is 12.3. The second kappa shape index (κ2) is 9.31. The lowest BCUT2D eigenvalue weighted by Gasteiger charge is -2.14. The molecule has 10 heteroatoms. The van der Waals surface area contributed by atoms with E-state index in [0.29, 0.717) is 0 Å². The van der Waals surface area contributed by atoms with Crippen molar-refractivity contribution < 1.29 is 33.5 Å². The van der Waals surface area contributed by atoms with Gasteiger partial charge in [0.2, 0.25) is 0 Å². The molecule has 32 heavy (non-hydrogen) atoms. The van der Waals surface area contributed by atoms with E-state index in [-0.39, 0.29) is 30.5 Å². The van der Waals surface area contributed by atoms with Gasteiger partial charge in [0.05, 0.1) is 6.54 Å². The quantitative estimate of drug-likeness (QED) is 0.457. The molecule has 0 unspecified atom stereocenters. The molecular formula is C22H19N3O7. The number of alkyl carbamates (subject to hydrolysis) is 1. The van der Waals surface area contributed by atoms with Crippen LogP contribution in [0.15, 0.2) is 59.3 Å². The number of amides is 2. The summed E-state index contributed by atoms with van der Waals surface area (Å²) in [5.74, 6) is -2.06. The number of carboxylic acid groups (broad SMARTS) is 1. The average Bonchev–Trinajstić information content (AvgIpc) is 3.39. The van der Waals surface area contributed by atoms with Crippen LogP contribution >= 0.6 is 0 Å². The topological polar surface area (TPSA) is 140 Å². The Labute approximate surface area is 182 Å². The molecule has 0 saturated carbocycles. The van der Waals surface area contributed by atoms with E-state index in [1.807, 2.05) is 54.0 Å². The summed E-state index contributed by atoms with van der Waals surface area (Å²) in [5, 5.41) is 11.0. The van der Waals surface area contributed by atoms with Gasteiger partial charge < -0.3 is 19.6 Å². The van der Waals surface area contributed by atoms with Crippen LogP contribution < -0.4 is 10.8 Å². The molecule has 164 valence electrons. The van der Waals surface area contributed by atoms with Crippen LogP contribution in [-0.2, 0) is 20.9 Å². The number of hydrogen-bond donors (Lipinski definition) is 3. The Bertz CT molecular complexity index is 1110. The zero-order valence-corrected chi connectivity index (χ0v) is 16.7. The normalized spacial score (nSPS) is 12.0. The second-order valence-electron chi connectivity index (χ2n) is 6.92. The van der Waals surface area contributed by atoms with E-state index in [1.165, 1.54) is 0 Å². The lowest BCUT2D eigenvalue weighted by atomic mass is 9.98. The predicted octanol–water partition coefficient (Wildman–Crippen LogP) is 2.46. The number of nitrogens with one attached hydrogen (secondary N) is 2. The molecule has 0 atom stereocenters. The summed E-state index contributed by atoms with van der Waals surface area (Å²) in [5.41, 5.74) is 6.23. The zero-order valence-electron chi connectivity index (χ0n) is 16.7. The van der Waals surface area contributed by atoms with Crippen LogP contribution in [0.4, 0.5) is 4.79 Å². The van der Waals surface area contributed by atoms with Crippen LogP contribution in [0.3, 0.4) is 0 Å². The summed E-state index contributed by atoms with van der Waals surface area (Å²) in [7, 11) is 0. The summed E-state index contributed by atoms with van der Waals surface area (Å²) in [4.78, 5) is 43.0. The fraction of sp³-hybridized carbons (Fsp3) is 0.182. The van der Waals surface area contributed by atoms with E-state index in [1.54, 1.807) is 0 Å². The van der Waals surface area contributed by atoms with Gasteiger partial charge in [-0.2, -0.15) is 0 Å². The molecule has 4 rings (SSSR count). The minimum atomic E-state index is -1.25. The van der Waals surface area contributed by atoms with Crippen molar-refractivity contribution in [3.8, 4) is 11.1 Å². The third-order valence-corrected chi connectivity index (χ3v) is 4.95. The van der Waals surface area contributed by atoms with Crippen LogP contribution in [0, 0.1) is 0 Å². The van der Waals surface area contributed by atoms with Crippen molar-refractivity contribution in [2.24, 2.45) is 0 Å². The first kappa shape index (κ1) is 21.1. The van der Waals surface area contributed by atoms with Gasteiger partial charge in [0.1, 0.15) is 6.61 Å². The monoisotopic (exact) mass is 437 g/mol. The third kappa shape index (κ3) is 4.44. The minimum absolute atomic E-state index is 0.0648. The lowest BCUT2D eigenvalue weighted by molar-refractivity contribution is -0.144. The predicted molar refractivity (Wildman–Crippen MR) is 109 cm³/mol. The first-order valence-electron chi connectivity index (χ1n) is 9.69. The van der Waals surface area contributed by atoms with Crippen LogP contribution in [0.25, 0.3) is 11.1 Å². The van der Waals surface area contributed by atoms with E-state index in [2.05, 4.69) is 15.1 Å². The largest absolute Gasteiger partial charge is 0.479 e. The number of ether oxygens (including phenoxy) is 1. The molecule has 1 heterocycles.